The second kappa shape index (κ2) is 6.19. The van der Waals surface area contributed by atoms with E-state index in [0.717, 1.165) is 6.04 Å². The van der Waals surface area contributed by atoms with Crippen LogP contribution in [0.4, 0.5) is 5.69 Å². The van der Waals surface area contributed by atoms with Gasteiger partial charge in [-0.25, -0.2) is 0 Å². The highest BCUT2D eigenvalue weighted by molar-refractivity contribution is 5.85. The summed E-state index contributed by atoms with van der Waals surface area (Å²) >= 11 is 0. The molecule has 0 saturated carbocycles. The van der Waals surface area contributed by atoms with Crippen molar-refractivity contribution in [2.75, 3.05) is 26.0 Å². The molecular weight excluding hydrogens is 268 g/mol. The molecule has 2 bridgehead atoms. The van der Waals surface area contributed by atoms with Gasteiger partial charge in [-0.05, 0) is 49.6 Å². The average Bonchev–Trinajstić information content (AvgIpc) is 2.38. The molecule has 3 heteroatoms. The summed E-state index contributed by atoms with van der Waals surface area (Å²) in [6.07, 6.45) is 7.80. The fourth-order valence-corrected chi connectivity index (χ4v) is 3.43. The van der Waals surface area contributed by atoms with Crippen LogP contribution < -0.4 is 4.90 Å². The predicted octanol–water partition coefficient (Wildman–Crippen LogP) is 3.81. The number of fused-ring (bicyclic) bond motifs is 2. The summed E-state index contributed by atoms with van der Waals surface area (Å²) in [4.78, 5) is 4.72. The summed E-state index contributed by atoms with van der Waals surface area (Å²) in [5.74, 6) is 0. The average molecular weight is 293 g/mol. The van der Waals surface area contributed by atoms with Gasteiger partial charge in [0.05, 0.1) is 0 Å². The molecule has 3 rings (SSSR count). The molecule has 2 nitrogen and oxygen atoms in total. The van der Waals surface area contributed by atoms with Crippen LogP contribution in [-0.4, -0.2) is 38.1 Å². The molecule has 20 heavy (non-hydrogen) atoms. The SMILES string of the molecule is CN(C)c1ccc(C2=CC3CCCC(C2)N3C)cc1.Cl. The quantitative estimate of drug-likeness (QED) is 0.818. The van der Waals surface area contributed by atoms with E-state index in [1.54, 1.807) is 5.57 Å². The van der Waals surface area contributed by atoms with Crippen molar-refractivity contribution in [3.63, 3.8) is 0 Å². The molecule has 0 radical (unpaired) electrons. The van der Waals surface area contributed by atoms with Gasteiger partial charge < -0.3 is 4.90 Å². The highest BCUT2D eigenvalue weighted by Gasteiger charge is 2.31. The molecule has 2 atom stereocenters. The fourth-order valence-electron chi connectivity index (χ4n) is 3.43. The summed E-state index contributed by atoms with van der Waals surface area (Å²) in [5, 5.41) is 0. The first-order chi connectivity index (χ1) is 9.15. The van der Waals surface area contributed by atoms with Crippen molar-refractivity contribution in [2.45, 2.75) is 37.8 Å². The van der Waals surface area contributed by atoms with E-state index in [0.29, 0.717) is 6.04 Å². The van der Waals surface area contributed by atoms with Crippen molar-refractivity contribution in [3.8, 4) is 0 Å². The van der Waals surface area contributed by atoms with Crippen LogP contribution in [0.3, 0.4) is 0 Å². The lowest BCUT2D eigenvalue weighted by Crippen LogP contribution is -2.45. The van der Waals surface area contributed by atoms with Gasteiger partial charge in [0.25, 0.3) is 0 Å². The third-order valence-corrected chi connectivity index (χ3v) is 4.74. The Labute approximate surface area is 128 Å². The standard InChI is InChI=1S/C17H24N2.ClH/c1-18(2)15-9-7-13(8-10-15)14-11-16-5-4-6-17(12-14)19(16)3;/h7-11,16-17H,4-6,12H2,1-3H3;1H. The van der Waals surface area contributed by atoms with E-state index >= 15 is 0 Å². The molecule has 110 valence electrons. The molecule has 0 N–H and O–H groups in total. The summed E-state index contributed by atoms with van der Waals surface area (Å²) in [7, 11) is 6.47. The van der Waals surface area contributed by atoms with Gasteiger partial charge in [-0.1, -0.05) is 24.6 Å². The van der Waals surface area contributed by atoms with Gasteiger partial charge >= 0.3 is 0 Å². The van der Waals surface area contributed by atoms with Gasteiger partial charge in [-0.3, -0.25) is 4.90 Å². The van der Waals surface area contributed by atoms with Crippen LogP contribution >= 0.6 is 12.4 Å². The lowest BCUT2D eigenvalue weighted by atomic mass is 9.83. The van der Waals surface area contributed by atoms with Crippen molar-refractivity contribution in [2.24, 2.45) is 0 Å². The Bertz CT molecular complexity index is 478. The Balaban J connectivity index is 0.00000147. The number of likely N-dealkylation sites (N-methyl/N-ethyl adjacent to an activating group) is 1. The molecule has 1 saturated heterocycles. The van der Waals surface area contributed by atoms with Crippen molar-refractivity contribution in [1.29, 1.82) is 0 Å². The number of nitrogens with zero attached hydrogens (tertiary/aromatic N) is 2. The molecular formula is C17H25ClN2. The van der Waals surface area contributed by atoms with Crippen LogP contribution in [0.1, 0.15) is 31.2 Å². The summed E-state index contributed by atoms with van der Waals surface area (Å²) < 4.78 is 0. The van der Waals surface area contributed by atoms with Gasteiger partial charge in [0.2, 0.25) is 0 Å². The molecule has 1 aromatic rings. The van der Waals surface area contributed by atoms with E-state index in [9.17, 15) is 0 Å². The number of hydrogen-bond donors (Lipinski definition) is 0. The Kier molecular flexibility index (Phi) is 4.77. The minimum absolute atomic E-state index is 0. The Morgan fingerprint density at radius 3 is 2.40 bits per heavy atom. The number of hydrogen-bond acceptors (Lipinski definition) is 2. The zero-order valence-electron chi connectivity index (χ0n) is 12.7. The molecule has 2 unspecified atom stereocenters. The zero-order chi connectivity index (χ0) is 13.4. The molecule has 0 aliphatic carbocycles. The Hall–Kier alpha value is -0.990. The predicted molar refractivity (Wildman–Crippen MR) is 89.8 cm³/mol. The van der Waals surface area contributed by atoms with E-state index in [1.807, 2.05) is 0 Å². The largest absolute Gasteiger partial charge is 0.378 e. The number of anilines is 1. The maximum Gasteiger partial charge on any atom is 0.0361 e. The van der Waals surface area contributed by atoms with E-state index in [4.69, 9.17) is 0 Å². The first kappa shape index (κ1) is 15.4. The first-order valence-electron chi connectivity index (χ1n) is 7.35. The second-order valence-corrected chi connectivity index (χ2v) is 6.15. The minimum Gasteiger partial charge on any atom is -0.378 e. The molecule has 1 aromatic carbocycles. The van der Waals surface area contributed by atoms with Gasteiger partial charge in [-0.15, -0.1) is 12.4 Å². The third-order valence-electron chi connectivity index (χ3n) is 4.74. The maximum atomic E-state index is 2.57. The monoisotopic (exact) mass is 292 g/mol. The van der Waals surface area contributed by atoms with Gasteiger partial charge in [0, 0.05) is 31.9 Å². The van der Waals surface area contributed by atoms with Crippen molar-refractivity contribution in [3.05, 3.63) is 35.9 Å². The van der Waals surface area contributed by atoms with Crippen molar-refractivity contribution < 1.29 is 0 Å². The molecule has 0 spiro atoms. The number of rotatable bonds is 2. The Morgan fingerprint density at radius 1 is 1.10 bits per heavy atom. The summed E-state index contributed by atoms with van der Waals surface area (Å²) in [5.41, 5.74) is 4.24. The number of piperidine rings is 1. The third kappa shape index (κ3) is 2.87. The molecule has 0 aromatic heterocycles. The van der Waals surface area contributed by atoms with Crippen molar-refractivity contribution >= 4 is 23.7 Å². The summed E-state index contributed by atoms with van der Waals surface area (Å²) in [6, 6.07) is 10.4. The molecule has 2 aliphatic rings. The topological polar surface area (TPSA) is 6.48 Å². The van der Waals surface area contributed by atoms with Gasteiger partial charge in [0.1, 0.15) is 0 Å². The van der Waals surface area contributed by atoms with Crippen LogP contribution in [0.5, 0.6) is 0 Å². The smallest absolute Gasteiger partial charge is 0.0361 e. The van der Waals surface area contributed by atoms with E-state index in [-0.39, 0.29) is 12.4 Å². The number of halogens is 1. The van der Waals surface area contributed by atoms with Crippen molar-refractivity contribution in [1.82, 2.24) is 4.90 Å². The molecule has 1 fully saturated rings. The maximum absolute atomic E-state index is 2.57. The highest BCUT2D eigenvalue weighted by atomic mass is 35.5. The van der Waals surface area contributed by atoms with Crippen LogP contribution in [0.25, 0.3) is 5.57 Å². The normalized spacial score (nSPS) is 25.6. The van der Waals surface area contributed by atoms with E-state index < -0.39 is 0 Å². The second-order valence-electron chi connectivity index (χ2n) is 6.15. The van der Waals surface area contributed by atoms with Crippen LogP contribution in [-0.2, 0) is 0 Å². The molecule has 0 amide bonds. The van der Waals surface area contributed by atoms with Crippen LogP contribution in [0.2, 0.25) is 0 Å². The minimum atomic E-state index is 0. The van der Waals surface area contributed by atoms with E-state index in [2.05, 4.69) is 61.3 Å². The highest BCUT2D eigenvalue weighted by Crippen LogP contribution is 2.36. The van der Waals surface area contributed by atoms with Crippen LogP contribution in [0, 0.1) is 0 Å². The summed E-state index contributed by atoms with van der Waals surface area (Å²) in [6.45, 7) is 0. The lowest BCUT2D eigenvalue weighted by molar-refractivity contribution is 0.137. The first-order valence-corrected chi connectivity index (χ1v) is 7.35. The zero-order valence-corrected chi connectivity index (χ0v) is 13.5. The van der Waals surface area contributed by atoms with Crippen LogP contribution in [0.15, 0.2) is 30.3 Å². The molecule has 2 heterocycles. The molecule has 2 aliphatic heterocycles. The van der Waals surface area contributed by atoms with Gasteiger partial charge in [-0.2, -0.15) is 0 Å². The fraction of sp³-hybridized carbons (Fsp3) is 0.529. The lowest BCUT2D eigenvalue weighted by Gasteiger charge is -2.42. The van der Waals surface area contributed by atoms with Gasteiger partial charge in [0.15, 0.2) is 0 Å². The van der Waals surface area contributed by atoms with E-state index in [1.165, 1.54) is 36.9 Å². The number of benzene rings is 1. The Morgan fingerprint density at radius 2 is 1.80 bits per heavy atom.